The summed E-state index contributed by atoms with van der Waals surface area (Å²) in [5.74, 6) is 2.34. The van der Waals surface area contributed by atoms with Gasteiger partial charge in [-0.15, -0.1) is 0 Å². The van der Waals surface area contributed by atoms with Crippen LogP contribution in [0.3, 0.4) is 0 Å². The molecule has 0 radical (unpaired) electrons. The number of methoxy groups -OCH3 is 4. The third-order valence-electron chi connectivity index (χ3n) is 5.63. The highest BCUT2D eigenvalue weighted by molar-refractivity contribution is 5.89. The zero-order valence-corrected chi connectivity index (χ0v) is 19.3. The molecule has 5 aromatic rings. The first kappa shape index (κ1) is 22.1. The Hall–Kier alpha value is -4.66. The average Bonchev–Trinajstić information content (AvgIpc) is 3.35. The van der Waals surface area contributed by atoms with Crippen molar-refractivity contribution < 1.29 is 32.2 Å². The summed E-state index contributed by atoms with van der Waals surface area (Å²) in [6.07, 6.45) is 0. The van der Waals surface area contributed by atoms with Crippen molar-refractivity contribution in [2.24, 2.45) is 0 Å². The van der Waals surface area contributed by atoms with Crippen LogP contribution >= 0.6 is 0 Å². The minimum absolute atomic E-state index is 0.166. The molecule has 0 aliphatic rings. The molecular weight excluding hydrogens is 456 g/mol. The molecule has 0 fully saturated rings. The van der Waals surface area contributed by atoms with Crippen LogP contribution in [0.25, 0.3) is 44.6 Å². The van der Waals surface area contributed by atoms with Gasteiger partial charge in [-0.05, 0) is 24.3 Å². The molecule has 0 aliphatic heterocycles. The summed E-state index contributed by atoms with van der Waals surface area (Å²) >= 11 is 0. The molecule has 0 bridgehead atoms. The number of furan rings is 1. The lowest BCUT2D eigenvalue weighted by molar-refractivity contribution is 0.395. The van der Waals surface area contributed by atoms with Crippen LogP contribution in [0.1, 0.15) is 0 Å². The number of hydrogen-bond donors (Lipinski definition) is 0. The fourth-order valence-corrected chi connectivity index (χ4v) is 3.87. The minimum Gasteiger partial charge on any atom is -0.496 e. The van der Waals surface area contributed by atoms with Crippen molar-refractivity contribution in [3.63, 3.8) is 0 Å². The van der Waals surface area contributed by atoms with Gasteiger partial charge in [-0.2, -0.15) is 0 Å². The van der Waals surface area contributed by atoms with Crippen molar-refractivity contribution >= 4 is 21.9 Å². The van der Waals surface area contributed by atoms with Crippen molar-refractivity contribution in [1.29, 1.82) is 0 Å². The molecule has 0 N–H and O–H groups in total. The second kappa shape index (κ2) is 8.60. The van der Waals surface area contributed by atoms with Gasteiger partial charge in [0.2, 0.25) is 0 Å². The second-order valence-corrected chi connectivity index (χ2v) is 7.54. The van der Waals surface area contributed by atoms with Gasteiger partial charge in [0, 0.05) is 24.3 Å². The Morgan fingerprint density at radius 1 is 0.543 bits per heavy atom. The molecule has 0 saturated carbocycles. The molecule has 0 saturated heterocycles. The van der Waals surface area contributed by atoms with Gasteiger partial charge in [-0.1, -0.05) is 0 Å². The quantitative estimate of drug-likeness (QED) is 0.317. The Morgan fingerprint density at radius 3 is 1.34 bits per heavy atom. The van der Waals surface area contributed by atoms with Crippen molar-refractivity contribution in [3.8, 4) is 45.6 Å². The SMILES string of the molecule is COc1cc(OC)c2cc(-c3ccc(-c4cc5c(OC)cc(OC)cc5oc4=O)o3)c(=O)oc2c1. The average molecular weight is 476 g/mol. The maximum absolute atomic E-state index is 12.7. The lowest BCUT2D eigenvalue weighted by Crippen LogP contribution is -2.03. The summed E-state index contributed by atoms with van der Waals surface area (Å²) in [7, 11) is 6.03. The van der Waals surface area contributed by atoms with E-state index in [1.807, 2.05) is 0 Å². The zero-order chi connectivity index (χ0) is 24.7. The van der Waals surface area contributed by atoms with Gasteiger partial charge < -0.3 is 32.2 Å². The van der Waals surface area contributed by atoms with E-state index in [1.54, 1.807) is 48.5 Å². The van der Waals surface area contributed by atoms with Gasteiger partial charge in [0.15, 0.2) is 0 Å². The highest BCUT2D eigenvalue weighted by Gasteiger charge is 2.19. The molecule has 178 valence electrons. The van der Waals surface area contributed by atoms with Crippen molar-refractivity contribution in [3.05, 3.63) is 69.4 Å². The van der Waals surface area contributed by atoms with E-state index in [0.717, 1.165) is 0 Å². The first-order valence-corrected chi connectivity index (χ1v) is 10.5. The molecule has 0 spiro atoms. The number of hydrogen-bond acceptors (Lipinski definition) is 9. The number of ether oxygens (including phenoxy) is 4. The maximum Gasteiger partial charge on any atom is 0.347 e. The van der Waals surface area contributed by atoms with Gasteiger partial charge in [-0.3, -0.25) is 0 Å². The largest absolute Gasteiger partial charge is 0.496 e. The topological polar surface area (TPSA) is 110 Å². The molecule has 35 heavy (non-hydrogen) atoms. The van der Waals surface area contributed by atoms with Crippen LogP contribution in [0.4, 0.5) is 0 Å². The van der Waals surface area contributed by atoms with Crippen molar-refractivity contribution in [1.82, 2.24) is 0 Å². The summed E-state index contributed by atoms with van der Waals surface area (Å²) in [5, 5.41) is 1.12. The fourth-order valence-electron chi connectivity index (χ4n) is 3.87. The monoisotopic (exact) mass is 476 g/mol. The first-order valence-electron chi connectivity index (χ1n) is 10.5. The Balaban J connectivity index is 1.64. The predicted octanol–water partition coefficient (Wildman–Crippen LogP) is 4.86. The lowest BCUT2D eigenvalue weighted by atomic mass is 10.1. The molecule has 5 rings (SSSR count). The minimum atomic E-state index is -0.618. The highest BCUT2D eigenvalue weighted by atomic mass is 16.5. The van der Waals surface area contributed by atoms with Crippen molar-refractivity contribution in [2.75, 3.05) is 28.4 Å². The van der Waals surface area contributed by atoms with Gasteiger partial charge in [0.25, 0.3) is 0 Å². The smallest absolute Gasteiger partial charge is 0.347 e. The molecule has 3 aromatic heterocycles. The van der Waals surface area contributed by atoms with Crippen LogP contribution in [0.15, 0.2) is 71.4 Å². The van der Waals surface area contributed by atoms with E-state index in [1.165, 1.54) is 28.4 Å². The number of benzene rings is 2. The Labute approximate surface area is 198 Å². The molecule has 9 heteroatoms. The van der Waals surface area contributed by atoms with Gasteiger partial charge >= 0.3 is 11.3 Å². The number of fused-ring (bicyclic) bond motifs is 2. The van der Waals surface area contributed by atoms with Crippen LogP contribution in [-0.2, 0) is 0 Å². The first-order chi connectivity index (χ1) is 16.9. The molecule has 0 atom stereocenters. The summed E-state index contributed by atoms with van der Waals surface area (Å²) < 4.78 is 38.2. The van der Waals surface area contributed by atoms with Crippen molar-refractivity contribution in [2.45, 2.75) is 0 Å². The molecular formula is C26H20O9. The van der Waals surface area contributed by atoms with E-state index >= 15 is 0 Å². The molecule has 0 unspecified atom stereocenters. The van der Waals surface area contributed by atoms with E-state index in [9.17, 15) is 9.59 Å². The van der Waals surface area contributed by atoms with Crippen LogP contribution in [0.2, 0.25) is 0 Å². The summed E-state index contributed by atoms with van der Waals surface area (Å²) in [6.45, 7) is 0. The van der Waals surface area contributed by atoms with Gasteiger partial charge in [0.05, 0.1) is 39.2 Å². The fraction of sp³-hybridized carbons (Fsp3) is 0.154. The zero-order valence-electron chi connectivity index (χ0n) is 19.3. The van der Waals surface area contributed by atoms with E-state index in [0.29, 0.717) is 44.9 Å². The predicted molar refractivity (Wildman–Crippen MR) is 128 cm³/mol. The molecule has 9 nitrogen and oxygen atoms in total. The second-order valence-electron chi connectivity index (χ2n) is 7.54. The summed E-state index contributed by atoms with van der Waals surface area (Å²) in [5.41, 5.74) is -0.292. The van der Waals surface area contributed by atoms with Gasteiger partial charge in [0.1, 0.15) is 56.8 Å². The Morgan fingerprint density at radius 2 is 0.971 bits per heavy atom. The lowest BCUT2D eigenvalue weighted by Gasteiger charge is -2.09. The van der Waals surface area contributed by atoms with E-state index in [2.05, 4.69) is 0 Å². The van der Waals surface area contributed by atoms with Crippen LogP contribution in [0.5, 0.6) is 23.0 Å². The van der Waals surface area contributed by atoms with Gasteiger partial charge in [-0.25, -0.2) is 9.59 Å². The third kappa shape index (κ3) is 3.76. The summed E-state index contributed by atoms with van der Waals surface area (Å²) in [6, 6.07) is 12.9. The Kier molecular flexibility index (Phi) is 5.44. The van der Waals surface area contributed by atoms with Crippen LogP contribution in [-0.4, -0.2) is 28.4 Å². The van der Waals surface area contributed by atoms with Crippen LogP contribution in [0, 0.1) is 0 Å². The standard InChI is InChI=1S/C26H20O9/c1-29-13-7-21(31-3)15-11-17(25(27)34-23(15)9-13)19-5-6-20(33-19)18-12-16-22(32-4)8-14(30-2)10-24(16)35-26(18)28/h5-12H,1-4H3. The van der Waals surface area contributed by atoms with E-state index in [4.69, 9.17) is 32.2 Å². The summed E-state index contributed by atoms with van der Waals surface area (Å²) in [4.78, 5) is 25.5. The van der Waals surface area contributed by atoms with Crippen LogP contribution < -0.4 is 30.2 Å². The van der Waals surface area contributed by atoms with E-state index < -0.39 is 11.3 Å². The molecule has 0 aliphatic carbocycles. The number of rotatable bonds is 6. The Bertz CT molecular complexity index is 1560. The molecule has 2 aromatic carbocycles. The van der Waals surface area contributed by atoms with E-state index in [-0.39, 0.29) is 22.6 Å². The normalized spacial score (nSPS) is 11.1. The maximum atomic E-state index is 12.7. The highest BCUT2D eigenvalue weighted by Crippen LogP contribution is 2.36. The third-order valence-corrected chi connectivity index (χ3v) is 5.63. The molecule has 0 amide bonds. The molecule has 3 heterocycles.